The number of fused-ring (bicyclic) bond motifs is 2. The molecule has 2 N–H and O–H groups in total. The maximum absolute atomic E-state index is 13.3. The van der Waals surface area contributed by atoms with Crippen LogP contribution in [0.4, 0.5) is 18.9 Å². The summed E-state index contributed by atoms with van der Waals surface area (Å²) >= 11 is 1.53. The second kappa shape index (κ2) is 8.62. The van der Waals surface area contributed by atoms with Crippen LogP contribution in [0.1, 0.15) is 41.7 Å². The fraction of sp³-hybridized carbons (Fsp3) is 0.292. The molecular formula is C24H21F3N4OS. The Balaban J connectivity index is 1.24. The number of nitrogens with zero attached hydrogens (tertiary/aromatic N) is 2. The summed E-state index contributed by atoms with van der Waals surface area (Å²) in [6.07, 6.45) is -1.53. The standard InChI is InChI=1S/C24H21F3N4OS/c25-24(26,27)22-12-19(17-3-1-2-4-18(17)31-22)29-15-6-8-16(9-7-15)30-23(32)14-5-10-21-20(11-14)28-13-33-21/h1-5,10-13,15-16H,6-9H2,(H,29,31)(H,30,32). The van der Waals surface area contributed by atoms with Crippen LogP contribution in [0.5, 0.6) is 0 Å². The number of carbonyl (C=O) groups excluding carboxylic acids is 1. The van der Waals surface area contributed by atoms with E-state index in [1.807, 2.05) is 6.07 Å². The summed E-state index contributed by atoms with van der Waals surface area (Å²) in [6.45, 7) is 0. The SMILES string of the molecule is O=C(NC1CCC(Nc2cc(C(F)(F)F)nc3ccccc23)CC1)c1ccc2scnc2c1. The molecule has 2 aromatic carbocycles. The van der Waals surface area contributed by atoms with Gasteiger partial charge in [0.2, 0.25) is 0 Å². The lowest BCUT2D eigenvalue weighted by molar-refractivity contribution is -0.140. The molecule has 5 rings (SSSR count). The predicted octanol–water partition coefficient (Wildman–Crippen LogP) is 6.02. The fourth-order valence-corrected chi connectivity index (χ4v) is 4.97. The average Bonchev–Trinajstić information content (AvgIpc) is 3.27. The van der Waals surface area contributed by atoms with Gasteiger partial charge >= 0.3 is 6.18 Å². The summed E-state index contributed by atoms with van der Waals surface area (Å²) < 4.78 is 41.0. The fourth-order valence-electron chi connectivity index (χ4n) is 4.31. The van der Waals surface area contributed by atoms with Gasteiger partial charge in [0.1, 0.15) is 5.69 Å². The molecule has 4 aromatic rings. The number of halogens is 3. The van der Waals surface area contributed by atoms with Gasteiger partial charge in [0.25, 0.3) is 5.91 Å². The Kier molecular flexibility index (Phi) is 5.65. The van der Waals surface area contributed by atoms with Crippen molar-refractivity contribution in [1.29, 1.82) is 0 Å². The minimum atomic E-state index is -4.51. The van der Waals surface area contributed by atoms with Gasteiger partial charge in [-0.3, -0.25) is 4.79 Å². The van der Waals surface area contributed by atoms with Crippen LogP contribution in [0.25, 0.3) is 21.1 Å². The Morgan fingerprint density at radius 1 is 0.970 bits per heavy atom. The van der Waals surface area contributed by atoms with Gasteiger partial charge < -0.3 is 10.6 Å². The van der Waals surface area contributed by atoms with E-state index >= 15 is 0 Å². The first kappa shape index (κ1) is 21.6. The van der Waals surface area contributed by atoms with E-state index < -0.39 is 11.9 Å². The molecule has 170 valence electrons. The minimum Gasteiger partial charge on any atom is -0.382 e. The largest absolute Gasteiger partial charge is 0.433 e. The number of anilines is 1. The number of aromatic nitrogens is 2. The highest BCUT2D eigenvalue weighted by atomic mass is 32.1. The zero-order valence-electron chi connectivity index (χ0n) is 17.5. The molecule has 2 heterocycles. The number of alkyl halides is 3. The summed E-state index contributed by atoms with van der Waals surface area (Å²) in [6, 6.07) is 13.5. The molecule has 0 spiro atoms. The number of hydrogen-bond donors (Lipinski definition) is 2. The zero-order valence-corrected chi connectivity index (χ0v) is 18.3. The molecule has 1 amide bonds. The Morgan fingerprint density at radius 2 is 1.73 bits per heavy atom. The second-order valence-electron chi connectivity index (χ2n) is 8.27. The summed E-state index contributed by atoms with van der Waals surface area (Å²) in [5, 5.41) is 7.05. The third-order valence-corrected chi connectivity index (χ3v) is 6.83. The van der Waals surface area contributed by atoms with Crippen LogP contribution in [-0.2, 0) is 6.18 Å². The van der Waals surface area contributed by atoms with Crippen LogP contribution in [0.3, 0.4) is 0 Å². The number of amides is 1. The second-order valence-corrected chi connectivity index (χ2v) is 9.16. The van der Waals surface area contributed by atoms with Crippen LogP contribution < -0.4 is 10.6 Å². The molecule has 0 atom stereocenters. The highest BCUT2D eigenvalue weighted by Crippen LogP contribution is 2.34. The van der Waals surface area contributed by atoms with Gasteiger partial charge in [0.05, 0.1) is 21.2 Å². The molecule has 0 unspecified atom stereocenters. The number of nitrogens with one attached hydrogen (secondary N) is 2. The summed E-state index contributed by atoms with van der Waals surface area (Å²) in [4.78, 5) is 20.7. The van der Waals surface area contributed by atoms with Crippen molar-refractivity contribution in [2.24, 2.45) is 0 Å². The number of carbonyl (C=O) groups is 1. The molecule has 0 bridgehead atoms. The molecule has 0 aliphatic heterocycles. The van der Waals surface area contributed by atoms with Crippen molar-refractivity contribution in [1.82, 2.24) is 15.3 Å². The van der Waals surface area contributed by atoms with Gasteiger partial charge in [0, 0.05) is 28.7 Å². The Hall–Kier alpha value is -3.20. The predicted molar refractivity (Wildman–Crippen MR) is 123 cm³/mol. The third kappa shape index (κ3) is 4.64. The van der Waals surface area contributed by atoms with E-state index in [1.54, 1.807) is 41.9 Å². The highest BCUT2D eigenvalue weighted by molar-refractivity contribution is 7.16. The van der Waals surface area contributed by atoms with E-state index in [-0.39, 0.29) is 18.0 Å². The lowest BCUT2D eigenvalue weighted by Gasteiger charge is -2.30. The first-order chi connectivity index (χ1) is 15.9. The quantitative estimate of drug-likeness (QED) is 0.383. The normalized spacial score (nSPS) is 19.0. The molecule has 0 saturated heterocycles. The molecule has 1 fully saturated rings. The number of rotatable bonds is 4. The lowest BCUT2D eigenvalue weighted by Crippen LogP contribution is -2.40. The van der Waals surface area contributed by atoms with E-state index in [1.165, 1.54) is 11.3 Å². The Labute approximate surface area is 192 Å². The van der Waals surface area contributed by atoms with Crippen molar-refractivity contribution in [3.8, 4) is 0 Å². The van der Waals surface area contributed by atoms with Crippen molar-refractivity contribution in [3.05, 3.63) is 65.3 Å². The average molecular weight is 471 g/mol. The summed E-state index contributed by atoms with van der Waals surface area (Å²) in [5.41, 5.74) is 3.00. The van der Waals surface area contributed by atoms with E-state index in [4.69, 9.17) is 0 Å². The smallest absolute Gasteiger partial charge is 0.382 e. The van der Waals surface area contributed by atoms with Gasteiger partial charge in [-0.25, -0.2) is 9.97 Å². The van der Waals surface area contributed by atoms with Crippen molar-refractivity contribution >= 4 is 44.1 Å². The van der Waals surface area contributed by atoms with Gasteiger partial charge in [-0.15, -0.1) is 11.3 Å². The lowest BCUT2D eigenvalue weighted by atomic mass is 9.90. The molecule has 33 heavy (non-hydrogen) atoms. The van der Waals surface area contributed by atoms with Gasteiger partial charge in [-0.1, -0.05) is 18.2 Å². The van der Waals surface area contributed by atoms with Crippen LogP contribution >= 0.6 is 11.3 Å². The number of benzene rings is 2. The van der Waals surface area contributed by atoms with Crippen LogP contribution in [-0.4, -0.2) is 28.0 Å². The van der Waals surface area contributed by atoms with E-state index in [9.17, 15) is 18.0 Å². The van der Waals surface area contributed by atoms with E-state index in [0.717, 1.165) is 42.0 Å². The number of pyridine rings is 1. The van der Waals surface area contributed by atoms with Crippen molar-refractivity contribution in [2.45, 2.75) is 43.9 Å². The monoisotopic (exact) mass is 470 g/mol. The van der Waals surface area contributed by atoms with Crippen molar-refractivity contribution in [2.75, 3.05) is 5.32 Å². The summed E-state index contributed by atoms with van der Waals surface area (Å²) in [5.74, 6) is -0.128. The first-order valence-corrected chi connectivity index (χ1v) is 11.6. The molecule has 0 radical (unpaired) electrons. The van der Waals surface area contributed by atoms with Crippen LogP contribution in [0.2, 0.25) is 0 Å². The van der Waals surface area contributed by atoms with Crippen LogP contribution in [0.15, 0.2) is 54.0 Å². The Morgan fingerprint density at radius 3 is 2.52 bits per heavy atom. The molecule has 2 aromatic heterocycles. The summed E-state index contributed by atoms with van der Waals surface area (Å²) in [7, 11) is 0. The van der Waals surface area contributed by atoms with E-state index in [0.29, 0.717) is 22.2 Å². The maximum Gasteiger partial charge on any atom is 0.433 e. The number of hydrogen-bond acceptors (Lipinski definition) is 5. The number of para-hydroxylation sites is 1. The molecular weight excluding hydrogens is 449 g/mol. The minimum absolute atomic E-state index is 0.0244. The topological polar surface area (TPSA) is 66.9 Å². The van der Waals surface area contributed by atoms with E-state index in [2.05, 4.69) is 20.6 Å². The molecule has 1 aliphatic carbocycles. The number of thiazole rings is 1. The molecule has 1 saturated carbocycles. The first-order valence-electron chi connectivity index (χ1n) is 10.7. The maximum atomic E-state index is 13.3. The van der Waals surface area contributed by atoms with Gasteiger partial charge in [-0.2, -0.15) is 13.2 Å². The highest BCUT2D eigenvalue weighted by Gasteiger charge is 2.34. The van der Waals surface area contributed by atoms with Gasteiger partial charge in [-0.05, 0) is 56.0 Å². The molecule has 9 heteroatoms. The van der Waals surface area contributed by atoms with Crippen LogP contribution in [0, 0.1) is 0 Å². The molecule has 5 nitrogen and oxygen atoms in total. The molecule has 1 aliphatic rings. The van der Waals surface area contributed by atoms with Crippen molar-refractivity contribution in [3.63, 3.8) is 0 Å². The third-order valence-electron chi connectivity index (χ3n) is 6.02. The van der Waals surface area contributed by atoms with Crippen molar-refractivity contribution < 1.29 is 18.0 Å². The van der Waals surface area contributed by atoms with Gasteiger partial charge in [0.15, 0.2) is 0 Å². The Bertz CT molecular complexity index is 1310. The zero-order chi connectivity index (χ0) is 23.0.